The molecule has 2 heteroatoms. The Hall–Kier alpha value is -2.09. The molecule has 0 N–H and O–H groups in total. The van der Waals surface area contributed by atoms with Crippen molar-refractivity contribution < 1.29 is 0 Å². The summed E-state index contributed by atoms with van der Waals surface area (Å²) in [6.07, 6.45) is 3.42. The fourth-order valence-electron chi connectivity index (χ4n) is 5.50. The Morgan fingerprint density at radius 1 is 1.04 bits per heavy atom. The van der Waals surface area contributed by atoms with E-state index in [2.05, 4.69) is 74.5 Å². The molecule has 3 aromatic carbocycles. The van der Waals surface area contributed by atoms with E-state index in [1.54, 1.807) is 10.8 Å². The summed E-state index contributed by atoms with van der Waals surface area (Å²) in [5.74, 6) is 0.374. The molecule has 0 amide bonds. The zero-order valence-electron chi connectivity index (χ0n) is 15.6. The SMILES string of the molecule is CC[Si]1(Cl)c2cc3c(c(C4C(C)=Cc5ccccc54)c21)Cc1ccccc1-3. The number of hydrogen-bond acceptors (Lipinski definition) is 0. The van der Waals surface area contributed by atoms with E-state index in [1.165, 1.54) is 44.1 Å². The molecule has 0 radical (unpaired) electrons. The zero-order chi connectivity index (χ0) is 18.3. The van der Waals surface area contributed by atoms with Crippen molar-refractivity contribution in [1.82, 2.24) is 0 Å². The third-order valence-corrected chi connectivity index (χ3v) is 12.1. The number of fused-ring (bicyclic) bond motifs is 5. The molecule has 2 atom stereocenters. The Morgan fingerprint density at radius 2 is 1.81 bits per heavy atom. The number of benzene rings is 3. The average Bonchev–Trinajstić information content (AvgIpc) is 2.98. The van der Waals surface area contributed by atoms with Crippen LogP contribution in [0, 0.1) is 0 Å². The summed E-state index contributed by atoms with van der Waals surface area (Å²) < 4.78 is 0. The lowest BCUT2D eigenvalue weighted by Crippen LogP contribution is -2.22. The van der Waals surface area contributed by atoms with Gasteiger partial charge < -0.3 is 0 Å². The molecule has 0 aromatic heterocycles. The summed E-state index contributed by atoms with van der Waals surface area (Å²) in [6, 6.07) is 21.3. The lowest BCUT2D eigenvalue weighted by molar-refractivity contribution is 0.965. The first kappa shape index (κ1) is 15.9. The van der Waals surface area contributed by atoms with Gasteiger partial charge in [-0.1, -0.05) is 73.2 Å². The summed E-state index contributed by atoms with van der Waals surface area (Å²) in [4.78, 5) is 0. The van der Waals surface area contributed by atoms with Crippen LogP contribution in [0.1, 0.15) is 47.6 Å². The number of rotatable bonds is 2. The van der Waals surface area contributed by atoms with Crippen molar-refractivity contribution in [3.63, 3.8) is 0 Å². The van der Waals surface area contributed by atoms with Gasteiger partial charge in [-0.05, 0) is 68.7 Å². The minimum Gasteiger partial charge on any atom is -0.155 e. The normalized spacial score (nSPS) is 23.4. The van der Waals surface area contributed by atoms with Gasteiger partial charge in [-0.3, -0.25) is 0 Å². The second kappa shape index (κ2) is 5.24. The highest BCUT2D eigenvalue weighted by molar-refractivity contribution is 7.44. The molecule has 27 heavy (non-hydrogen) atoms. The first-order valence-electron chi connectivity index (χ1n) is 9.88. The maximum Gasteiger partial charge on any atom is 0.217 e. The highest BCUT2D eigenvalue weighted by Gasteiger charge is 2.55. The van der Waals surface area contributed by atoms with Gasteiger partial charge in [-0.15, -0.1) is 0 Å². The molecule has 2 aliphatic carbocycles. The van der Waals surface area contributed by atoms with Gasteiger partial charge in [-0.2, -0.15) is 11.1 Å². The maximum atomic E-state index is 7.25. The van der Waals surface area contributed by atoms with Gasteiger partial charge >= 0.3 is 0 Å². The maximum absolute atomic E-state index is 7.25. The second-order valence-electron chi connectivity index (χ2n) is 8.18. The highest BCUT2D eigenvalue weighted by atomic mass is 35.6. The third kappa shape index (κ3) is 1.94. The molecule has 2 unspecified atom stereocenters. The van der Waals surface area contributed by atoms with Crippen molar-refractivity contribution in [3.05, 3.63) is 88.0 Å². The van der Waals surface area contributed by atoms with Crippen LogP contribution in [0.4, 0.5) is 0 Å². The summed E-state index contributed by atoms with van der Waals surface area (Å²) in [5.41, 5.74) is 11.7. The van der Waals surface area contributed by atoms with E-state index in [-0.39, 0.29) is 0 Å². The van der Waals surface area contributed by atoms with Crippen molar-refractivity contribution in [1.29, 1.82) is 0 Å². The first-order valence-corrected chi connectivity index (χ1v) is 13.1. The molecular weight excluding hydrogens is 364 g/mol. The van der Waals surface area contributed by atoms with Crippen LogP contribution in [-0.2, 0) is 6.42 Å². The number of halogens is 1. The van der Waals surface area contributed by atoms with Crippen molar-refractivity contribution in [3.8, 4) is 11.1 Å². The molecule has 1 aliphatic heterocycles. The van der Waals surface area contributed by atoms with Crippen LogP contribution in [0.25, 0.3) is 17.2 Å². The minimum absolute atomic E-state index is 0.374. The van der Waals surface area contributed by atoms with Crippen LogP contribution in [0.5, 0.6) is 0 Å². The Labute approximate surface area is 166 Å². The van der Waals surface area contributed by atoms with Gasteiger partial charge in [0.2, 0.25) is 7.38 Å². The molecule has 0 nitrogen and oxygen atoms in total. The van der Waals surface area contributed by atoms with Gasteiger partial charge in [0.15, 0.2) is 0 Å². The van der Waals surface area contributed by atoms with E-state index in [1.807, 2.05) is 0 Å². The zero-order valence-corrected chi connectivity index (χ0v) is 17.4. The predicted octanol–water partition coefficient (Wildman–Crippen LogP) is 5.44. The van der Waals surface area contributed by atoms with E-state index in [0.717, 1.165) is 12.5 Å². The second-order valence-corrected chi connectivity index (χ2v) is 13.5. The van der Waals surface area contributed by atoms with Crippen LogP contribution in [0.2, 0.25) is 6.04 Å². The highest BCUT2D eigenvalue weighted by Crippen LogP contribution is 2.49. The van der Waals surface area contributed by atoms with Crippen molar-refractivity contribution in [2.45, 2.75) is 32.2 Å². The van der Waals surface area contributed by atoms with Gasteiger partial charge in [0, 0.05) is 5.92 Å². The summed E-state index contributed by atoms with van der Waals surface area (Å²) in [6.45, 7) is 4.57. The summed E-state index contributed by atoms with van der Waals surface area (Å²) >= 11 is 7.25. The van der Waals surface area contributed by atoms with Crippen molar-refractivity contribution >= 4 is 34.9 Å². The molecule has 3 aromatic rings. The smallest absolute Gasteiger partial charge is 0.155 e. The van der Waals surface area contributed by atoms with Crippen LogP contribution < -0.4 is 10.4 Å². The van der Waals surface area contributed by atoms with Crippen molar-refractivity contribution in [2.24, 2.45) is 0 Å². The monoisotopic (exact) mass is 384 g/mol. The molecule has 0 saturated carbocycles. The molecule has 0 bridgehead atoms. The molecule has 3 aliphatic rings. The average molecular weight is 385 g/mol. The Morgan fingerprint density at radius 3 is 2.67 bits per heavy atom. The fraction of sp³-hybridized carbons (Fsp3) is 0.200. The van der Waals surface area contributed by atoms with E-state index in [0.29, 0.717) is 5.92 Å². The molecule has 132 valence electrons. The van der Waals surface area contributed by atoms with Gasteiger partial charge in [0.05, 0.1) is 0 Å². The Bertz CT molecular complexity index is 1170. The summed E-state index contributed by atoms with van der Waals surface area (Å²) in [5, 5.41) is 3.04. The number of allylic oxidation sites excluding steroid dienone is 1. The fourth-order valence-corrected chi connectivity index (χ4v) is 9.77. The van der Waals surface area contributed by atoms with E-state index >= 15 is 0 Å². The van der Waals surface area contributed by atoms with E-state index in [9.17, 15) is 0 Å². The van der Waals surface area contributed by atoms with Crippen LogP contribution in [0.15, 0.2) is 60.2 Å². The molecule has 0 saturated heterocycles. The van der Waals surface area contributed by atoms with Gasteiger partial charge in [0.25, 0.3) is 0 Å². The molecular formula is C25H21ClSi. The van der Waals surface area contributed by atoms with Gasteiger partial charge in [0.1, 0.15) is 0 Å². The Kier molecular flexibility index (Phi) is 3.09. The Balaban J connectivity index is 1.65. The summed E-state index contributed by atoms with van der Waals surface area (Å²) in [7, 11) is -1.90. The third-order valence-electron chi connectivity index (χ3n) is 6.83. The molecule has 0 fully saturated rings. The largest absolute Gasteiger partial charge is 0.217 e. The van der Waals surface area contributed by atoms with Gasteiger partial charge in [-0.25, -0.2) is 0 Å². The topological polar surface area (TPSA) is 0 Å². The van der Waals surface area contributed by atoms with Crippen LogP contribution >= 0.6 is 11.1 Å². The molecule has 0 spiro atoms. The van der Waals surface area contributed by atoms with E-state index in [4.69, 9.17) is 11.1 Å². The number of hydrogen-bond donors (Lipinski definition) is 0. The minimum atomic E-state index is -1.90. The molecule has 6 rings (SSSR count). The predicted molar refractivity (Wildman–Crippen MR) is 118 cm³/mol. The lowest BCUT2D eigenvalue weighted by Gasteiger charge is -2.20. The lowest BCUT2D eigenvalue weighted by atomic mass is 9.84. The quantitative estimate of drug-likeness (QED) is 0.319. The van der Waals surface area contributed by atoms with Crippen LogP contribution in [0.3, 0.4) is 0 Å². The van der Waals surface area contributed by atoms with E-state index < -0.39 is 7.38 Å². The van der Waals surface area contributed by atoms with Crippen LogP contribution in [-0.4, -0.2) is 7.38 Å². The standard InChI is InChI=1S/C25H21ClSi/c1-3-27(26)22-14-20-18-10-6-4-9-17(18)13-21(20)24(25(22)27)23-15(2)12-16-8-5-7-11-19(16)23/h4-12,14,23H,3,13H2,1-2H3. The molecule has 1 heterocycles. The van der Waals surface area contributed by atoms with Crippen molar-refractivity contribution in [2.75, 3.05) is 0 Å². The first-order chi connectivity index (χ1) is 13.1.